The molecule has 3 saturated heterocycles. The fraction of sp³-hybridized carbons (Fsp3) is 0.567. The molecule has 2 aromatic rings. The molecule has 0 amide bonds. The summed E-state index contributed by atoms with van der Waals surface area (Å²) in [6.07, 6.45) is 7.19. The van der Waals surface area contributed by atoms with Crippen molar-refractivity contribution in [2.45, 2.75) is 87.8 Å². The van der Waals surface area contributed by atoms with E-state index < -0.39 is 5.60 Å². The van der Waals surface area contributed by atoms with E-state index in [2.05, 4.69) is 20.8 Å². The molecule has 188 valence electrons. The molecule has 2 aromatic carbocycles. The SMILES string of the molecule is CC(C)(C)SCOC(C(=O)OC1CC2CCC(C1)[N+]21CCCC1)(c1ccccc1)c1ccccc1. The third-order valence-corrected chi connectivity index (χ3v) is 9.55. The number of piperidine rings is 1. The Morgan fingerprint density at radius 1 is 0.886 bits per heavy atom. The number of quaternary nitrogens is 1. The van der Waals surface area contributed by atoms with E-state index in [1.54, 1.807) is 11.8 Å². The molecule has 5 heteroatoms. The van der Waals surface area contributed by atoms with Crippen LogP contribution in [0.5, 0.6) is 0 Å². The van der Waals surface area contributed by atoms with Crippen LogP contribution in [0.25, 0.3) is 0 Å². The molecular formula is C30H40NO3S+. The van der Waals surface area contributed by atoms with E-state index in [0.717, 1.165) is 24.0 Å². The fourth-order valence-corrected chi connectivity index (χ4v) is 7.40. The third-order valence-electron chi connectivity index (χ3n) is 8.45. The van der Waals surface area contributed by atoms with Crippen molar-refractivity contribution in [3.05, 3.63) is 71.8 Å². The second kappa shape index (κ2) is 9.91. The average Bonchev–Trinajstić information content (AvgIpc) is 3.39. The highest BCUT2D eigenvalue weighted by molar-refractivity contribution is 8.00. The van der Waals surface area contributed by atoms with Crippen LogP contribution in [0.2, 0.25) is 0 Å². The minimum absolute atomic E-state index is 0.0269. The Labute approximate surface area is 215 Å². The quantitative estimate of drug-likeness (QED) is 0.258. The predicted molar refractivity (Wildman–Crippen MR) is 142 cm³/mol. The average molecular weight is 495 g/mol. The molecule has 35 heavy (non-hydrogen) atoms. The van der Waals surface area contributed by atoms with Gasteiger partial charge in [0.2, 0.25) is 5.60 Å². The van der Waals surface area contributed by atoms with Gasteiger partial charge in [-0.1, -0.05) is 81.4 Å². The topological polar surface area (TPSA) is 35.5 Å². The largest absolute Gasteiger partial charge is 0.459 e. The summed E-state index contributed by atoms with van der Waals surface area (Å²) in [5.41, 5.74) is 0.372. The van der Waals surface area contributed by atoms with Gasteiger partial charge in [-0.05, 0) is 11.1 Å². The first-order valence-electron chi connectivity index (χ1n) is 13.3. The summed E-state index contributed by atoms with van der Waals surface area (Å²) in [4.78, 5) is 14.3. The first-order chi connectivity index (χ1) is 16.8. The Bertz CT molecular complexity index is 942. The van der Waals surface area contributed by atoms with Crippen LogP contribution in [-0.4, -0.2) is 52.4 Å². The number of esters is 1. The Hall–Kier alpha value is -1.82. The molecule has 1 spiro atoms. The van der Waals surface area contributed by atoms with Crippen LogP contribution >= 0.6 is 11.8 Å². The van der Waals surface area contributed by atoms with Crippen molar-refractivity contribution in [1.29, 1.82) is 0 Å². The van der Waals surface area contributed by atoms with Crippen LogP contribution in [0.1, 0.15) is 70.4 Å². The van der Waals surface area contributed by atoms with Gasteiger partial charge in [0, 0.05) is 43.3 Å². The highest BCUT2D eigenvalue weighted by atomic mass is 32.2. The van der Waals surface area contributed by atoms with Crippen molar-refractivity contribution in [3.63, 3.8) is 0 Å². The summed E-state index contributed by atoms with van der Waals surface area (Å²) >= 11 is 1.70. The van der Waals surface area contributed by atoms with E-state index in [0.29, 0.717) is 18.0 Å². The lowest BCUT2D eigenvalue weighted by atomic mass is 9.85. The number of rotatable bonds is 7. The van der Waals surface area contributed by atoms with Gasteiger partial charge in [-0.25, -0.2) is 4.79 Å². The summed E-state index contributed by atoms with van der Waals surface area (Å²) in [7, 11) is 0. The Morgan fingerprint density at radius 3 is 1.89 bits per heavy atom. The van der Waals surface area contributed by atoms with E-state index in [4.69, 9.17) is 9.47 Å². The molecule has 0 aromatic heterocycles. The van der Waals surface area contributed by atoms with Gasteiger partial charge in [0.15, 0.2) is 0 Å². The molecule has 2 bridgehead atoms. The number of carbonyl (C=O) groups is 1. The van der Waals surface area contributed by atoms with Gasteiger partial charge in [0.25, 0.3) is 0 Å². The molecule has 0 radical (unpaired) electrons. The monoisotopic (exact) mass is 494 g/mol. The summed E-state index contributed by atoms with van der Waals surface area (Å²) in [5, 5.41) is 0. The van der Waals surface area contributed by atoms with Gasteiger partial charge in [-0.2, -0.15) is 0 Å². The molecule has 2 atom stereocenters. The summed E-state index contributed by atoms with van der Waals surface area (Å²) in [5.74, 6) is 0.127. The minimum atomic E-state index is -1.28. The number of hydrogen-bond donors (Lipinski definition) is 0. The van der Waals surface area contributed by atoms with E-state index in [9.17, 15) is 4.79 Å². The predicted octanol–water partition coefficient (Wildman–Crippen LogP) is 6.28. The number of benzene rings is 2. The van der Waals surface area contributed by atoms with Crippen molar-refractivity contribution >= 4 is 17.7 Å². The Kier molecular flexibility index (Phi) is 7.04. The molecule has 3 aliphatic heterocycles. The second-order valence-electron chi connectivity index (χ2n) is 11.6. The van der Waals surface area contributed by atoms with Gasteiger partial charge < -0.3 is 14.0 Å². The van der Waals surface area contributed by atoms with Crippen LogP contribution in [-0.2, 0) is 19.9 Å². The van der Waals surface area contributed by atoms with Gasteiger partial charge >= 0.3 is 5.97 Å². The highest BCUT2D eigenvalue weighted by Crippen LogP contribution is 2.47. The van der Waals surface area contributed by atoms with Crippen molar-refractivity contribution in [2.24, 2.45) is 0 Å². The number of hydrogen-bond acceptors (Lipinski definition) is 4. The van der Waals surface area contributed by atoms with E-state index >= 15 is 0 Å². The standard InChI is InChI=1S/C30H40NO3S/c1-29(2,3)35-22-33-30(23-12-6-4-7-13-23,24-14-8-5-9-15-24)28(32)34-27-20-25-16-17-26(21-27)31(25)18-10-11-19-31/h4-9,12-15,25-27H,10-11,16-22H2,1-3H3/q+1. The lowest BCUT2D eigenvalue weighted by molar-refractivity contribution is -0.956. The smallest absolute Gasteiger partial charge is 0.348 e. The lowest BCUT2D eigenvalue weighted by Gasteiger charge is -2.47. The lowest BCUT2D eigenvalue weighted by Crippen LogP contribution is -2.60. The number of thioether (sulfide) groups is 1. The van der Waals surface area contributed by atoms with E-state index in [1.165, 1.54) is 43.3 Å². The van der Waals surface area contributed by atoms with Gasteiger partial charge in [-0.15, -0.1) is 11.8 Å². The Balaban J connectivity index is 1.45. The number of carbonyl (C=O) groups excluding carboxylic acids is 1. The fourth-order valence-electron chi connectivity index (χ4n) is 6.81. The molecular weight excluding hydrogens is 454 g/mol. The van der Waals surface area contributed by atoms with E-state index in [-0.39, 0.29) is 16.8 Å². The summed E-state index contributed by atoms with van der Waals surface area (Å²) < 4.78 is 14.4. The van der Waals surface area contributed by atoms with Gasteiger partial charge in [-0.3, -0.25) is 0 Å². The first kappa shape index (κ1) is 24.9. The van der Waals surface area contributed by atoms with Crippen molar-refractivity contribution < 1.29 is 18.8 Å². The maximum atomic E-state index is 14.3. The van der Waals surface area contributed by atoms with Crippen LogP contribution in [0.3, 0.4) is 0 Å². The molecule has 2 unspecified atom stereocenters. The van der Waals surface area contributed by atoms with Crippen molar-refractivity contribution in [2.75, 3.05) is 19.0 Å². The number of nitrogens with zero attached hydrogens (tertiary/aromatic N) is 1. The molecule has 5 rings (SSSR count). The van der Waals surface area contributed by atoms with E-state index in [1.807, 2.05) is 60.7 Å². The molecule has 0 aliphatic carbocycles. The zero-order valence-electron chi connectivity index (χ0n) is 21.4. The van der Waals surface area contributed by atoms with Crippen molar-refractivity contribution in [3.8, 4) is 0 Å². The molecule has 4 nitrogen and oxygen atoms in total. The maximum absolute atomic E-state index is 14.3. The minimum Gasteiger partial charge on any atom is -0.459 e. The van der Waals surface area contributed by atoms with Crippen LogP contribution in [0.15, 0.2) is 60.7 Å². The van der Waals surface area contributed by atoms with Crippen LogP contribution in [0.4, 0.5) is 0 Å². The normalized spacial score (nSPS) is 25.6. The molecule has 3 heterocycles. The summed E-state index contributed by atoms with van der Waals surface area (Å²) in [6.45, 7) is 9.14. The molecule has 3 fully saturated rings. The molecule has 3 aliphatic rings. The first-order valence-corrected chi connectivity index (χ1v) is 14.3. The van der Waals surface area contributed by atoms with Gasteiger partial charge in [0.05, 0.1) is 31.1 Å². The number of ether oxygens (including phenoxy) is 2. The van der Waals surface area contributed by atoms with Crippen molar-refractivity contribution in [1.82, 2.24) is 0 Å². The molecule has 0 N–H and O–H groups in total. The third kappa shape index (κ3) is 4.80. The highest BCUT2D eigenvalue weighted by Gasteiger charge is 2.56. The van der Waals surface area contributed by atoms with Crippen LogP contribution in [0, 0.1) is 0 Å². The second-order valence-corrected chi connectivity index (χ2v) is 13.3. The van der Waals surface area contributed by atoms with Gasteiger partial charge in [0.1, 0.15) is 6.10 Å². The zero-order valence-corrected chi connectivity index (χ0v) is 22.3. The molecule has 0 saturated carbocycles. The summed E-state index contributed by atoms with van der Waals surface area (Å²) in [6, 6.07) is 21.1. The maximum Gasteiger partial charge on any atom is 0.348 e. The zero-order chi connectivity index (χ0) is 24.5. The Morgan fingerprint density at radius 2 is 1.40 bits per heavy atom. The van der Waals surface area contributed by atoms with Crippen LogP contribution < -0.4 is 0 Å².